The number of ether oxygens (including phenoxy) is 1. The average molecular weight is 417 g/mol. The van der Waals surface area contributed by atoms with Gasteiger partial charge in [-0.25, -0.2) is 14.4 Å². The number of halogens is 2. The number of aromatic nitrogens is 2. The van der Waals surface area contributed by atoms with Crippen molar-refractivity contribution in [3.05, 3.63) is 53.0 Å². The van der Waals surface area contributed by atoms with Gasteiger partial charge in [0.05, 0.1) is 12.6 Å². The van der Waals surface area contributed by atoms with E-state index in [1.165, 1.54) is 13.2 Å². The van der Waals surface area contributed by atoms with Crippen LogP contribution in [0.25, 0.3) is 10.9 Å². The second-order valence-corrected chi connectivity index (χ2v) is 7.07. The van der Waals surface area contributed by atoms with Crippen LogP contribution in [0.15, 0.2) is 47.2 Å². The molecular formula is C19H18BrFN4O. The molecule has 2 heterocycles. The summed E-state index contributed by atoms with van der Waals surface area (Å²) in [7, 11) is 1.47. The normalized spacial score (nSPS) is 14.7. The van der Waals surface area contributed by atoms with Crippen LogP contribution in [-0.4, -0.2) is 43.3 Å². The van der Waals surface area contributed by atoms with Gasteiger partial charge in [0, 0.05) is 47.8 Å². The number of piperazine rings is 1. The van der Waals surface area contributed by atoms with Crippen LogP contribution in [0.2, 0.25) is 0 Å². The lowest BCUT2D eigenvalue weighted by atomic mass is 10.2. The van der Waals surface area contributed by atoms with Gasteiger partial charge in [0.2, 0.25) is 0 Å². The zero-order valence-corrected chi connectivity index (χ0v) is 15.9. The summed E-state index contributed by atoms with van der Waals surface area (Å²) in [6.07, 6.45) is 1.61. The Morgan fingerprint density at radius 3 is 2.50 bits per heavy atom. The number of hydrogen-bond acceptors (Lipinski definition) is 5. The van der Waals surface area contributed by atoms with E-state index in [0.717, 1.165) is 53.1 Å². The Morgan fingerprint density at radius 1 is 1.00 bits per heavy atom. The van der Waals surface area contributed by atoms with Crippen molar-refractivity contribution in [2.24, 2.45) is 0 Å². The van der Waals surface area contributed by atoms with E-state index < -0.39 is 0 Å². The third-order valence-corrected chi connectivity index (χ3v) is 5.15. The summed E-state index contributed by atoms with van der Waals surface area (Å²) in [5.41, 5.74) is 1.80. The molecule has 5 nitrogen and oxygen atoms in total. The first-order chi connectivity index (χ1) is 12.7. The van der Waals surface area contributed by atoms with Crippen LogP contribution in [0.4, 0.5) is 15.9 Å². The standard InChI is InChI=1S/C19H18BrFN4O/c1-26-18-5-3-14(11-16(18)21)24-6-8-25(9-7-24)19-15-10-13(20)2-4-17(15)22-12-23-19/h2-5,10-12H,6-9H2,1H3. The van der Waals surface area contributed by atoms with Crippen LogP contribution in [0.3, 0.4) is 0 Å². The Morgan fingerprint density at radius 2 is 1.77 bits per heavy atom. The summed E-state index contributed by atoms with van der Waals surface area (Å²) < 4.78 is 20.0. The van der Waals surface area contributed by atoms with Crippen molar-refractivity contribution in [2.75, 3.05) is 43.1 Å². The Hall–Kier alpha value is -2.41. The highest BCUT2D eigenvalue weighted by molar-refractivity contribution is 9.10. The lowest BCUT2D eigenvalue weighted by Gasteiger charge is -2.37. The van der Waals surface area contributed by atoms with Crippen molar-refractivity contribution in [2.45, 2.75) is 0 Å². The molecule has 0 N–H and O–H groups in total. The van der Waals surface area contributed by atoms with Crippen molar-refractivity contribution < 1.29 is 9.13 Å². The van der Waals surface area contributed by atoms with E-state index in [1.807, 2.05) is 18.2 Å². The minimum atomic E-state index is -0.334. The van der Waals surface area contributed by atoms with Gasteiger partial charge >= 0.3 is 0 Å². The van der Waals surface area contributed by atoms with Gasteiger partial charge in [0.1, 0.15) is 12.1 Å². The lowest BCUT2D eigenvalue weighted by molar-refractivity contribution is 0.386. The fraction of sp³-hybridized carbons (Fsp3) is 0.263. The summed E-state index contributed by atoms with van der Waals surface area (Å²) >= 11 is 3.52. The highest BCUT2D eigenvalue weighted by Gasteiger charge is 2.21. The zero-order chi connectivity index (χ0) is 18.1. The minimum Gasteiger partial charge on any atom is -0.494 e. The summed E-state index contributed by atoms with van der Waals surface area (Å²) in [6, 6.07) is 11.1. The molecule has 0 bridgehead atoms. The summed E-state index contributed by atoms with van der Waals surface area (Å²) in [5.74, 6) is 0.876. The van der Waals surface area contributed by atoms with Crippen molar-refractivity contribution in [3.63, 3.8) is 0 Å². The molecule has 2 aromatic carbocycles. The molecule has 1 aromatic heterocycles. The molecule has 1 aliphatic heterocycles. The monoisotopic (exact) mass is 416 g/mol. The van der Waals surface area contributed by atoms with Gasteiger partial charge in [-0.05, 0) is 30.3 Å². The number of nitrogens with zero attached hydrogens (tertiary/aromatic N) is 4. The Balaban J connectivity index is 1.54. The number of rotatable bonds is 3. The van der Waals surface area contributed by atoms with Gasteiger partial charge in [0.25, 0.3) is 0 Å². The molecule has 0 aliphatic carbocycles. The Kier molecular flexibility index (Phi) is 4.63. The molecule has 0 saturated carbocycles. The predicted molar refractivity (Wildman–Crippen MR) is 105 cm³/mol. The van der Waals surface area contributed by atoms with Crippen LogP contribution in [0.1, 0.15) is 0 Å². The minimum absolute atomic E-state index is 0.269. The van der Waals surface area contributed by atoms with Crippen LogP contribution in [0.5, 0.6) is 5.75 Å². The van der Waals surface area contributed by atoms with Crippen LogP contribution < -0.4 is 14.5 Å². The number of anilines is 2. The van der Waals surface area contributed by atoms with Crippen LogP contribution in [-0.2, 0) is 0 Å². The predicted octanol–water partition coefficient (Wildman–Crippen LogP) is 3.87. The first kappa shape index (κ1) is 17.0. The van der Waals surface area contributed by atoms with Gasteiger partial charge in [-0.1, -0.05) is 15.9 Å². The number of fused-ring (bicyclic) bond motifs is 1. The van der Waals surface area contributed by atoms with Gasteiger partial charge in [-0.15, -0.1) is 0 Å². The molecule has 0 unspecified atom stereocenters. The summed E-state index contributed by atoms with van der Waals surface area (Å²) in [4.78, 5) is 13.3. The number of hydrogen-bond donors (Lipinski definition) is 0. The third-order valence-electron chi connectivity index (χ3n) is 4.66. The largest absolute Gasteiger partial charge is 0.494 e. The van der Waals surface area contributed by atoms with E-state index in [1.54, 1.807) is 12.4 Å². The van der Waals surface area contributed by atoms with E-state index in [0.29, 0.717) is 0 Å². The number of methoxy groups -OCH3 is 1. The first-order valence-electron chi connectivity index (χ1n) is 8.39. The van der Waals surface area contributed by atoms with Crippen LogP contribution >= 0.6 is 15.9 Å². The summed E-state index contributed by atoms with van der Waals surface area (Å²) in [5, 5.41) is 1.03. The molecule has 1 fully saturated rings. The van der Waals surface area contributed by atoms with E-state index in [2.05, 4.69) is 41.8 Å². The molecule has 7 heteroatoms. The second kappa shape index (κ2) is 7.07. The molecule has 3 aromatic rings. The SMILES string of the molecule is COc1ccc(N2CCN(c3ncnc4ccc(Br)cc34)CC2)cc1F. The quantitative estimate of drug-likeness (QED) is 0.648. The molecular weight excluding hydrogens is 399 g/mol. The van der Waals surface area contributed by atoms with Gasteiger partial charge in [-0.3, -0.25) is 0 Å². The smallest absolute Gasteiger partial charge is 0.167 e. The maximum Gasteiger partial charge on any atom is 0.167 e. The molecule has 0 atom stereocenters. The molecule has 0 radical (unpaired) electrons. The lowest BCUT2D eigenvalue weighted by Crippen LogP contribution is -2.47. The van der Waals surface area contributed by atoms with Gasteiger partial charge in [0.15, 0.2) is 11.6 Å². The Labute approximate surface area is 159 Å². The molecule has 0 spiro atoms. The molecule has 1 saturated heterocycles. The Bertz CT molecular complexity index is 944. The molecule has 1 aliphatic rings. The first-order valence-corrected chi connectivity index (χ1v) is 9.19. The van der Waals surface area contributed by atoms with Gasteiger partial charge in [-0.2, -0.15) is 0 Å². The summed E-state index contributed by atoms with van der Waals surface area (Å²) in [6.45, 7) is 3.22. The maximum atomic E-state index is 14.0. The van der Waals surface area contributed by atoms with Crippen molar-refractivity contribution in [3.8, 4) is 5.75 Å². The molecule has 4 rings (SSSR count). The van der Waals surface area contributed by atoms with Gasteiger partial charge < -0.3 is 14.5 Å². The highest BCUT2D eigenvalue weighted by Crippen LogP contribution is 2.28. The molecule has 0 amide bonds. The van der Waals surface area contributed by atoms with Crippen LogP contribution in [0, 0.1) is 5.82 Å². The van der Waals surface area contributed by atoms with E-state index >= 15 is 0 Å². The van der Waals surface area contributed by atoms with E-state index in [4.69, 9.17) is 4.74 Å². The molecule has 134 valence electrons. The fourth-order valence-electron chi connectivity index (χ4n) is 3.30. The topological polar surface area (TPSA) is 41.5 Å². The highest BCUT2D eigenvalue weighted by atomic mass is 79.9. The fourth-order valence-corrected chi connectivity index (χ4v) is 3.66. The second-order valence-electron chi connectivity index (χ2n) is 6.15. The van der Waals surface area contributed by atoms with Crippen molar-refractivity contribution in [1.29, 1.82) is 0 Å². The molecule has 26 heavy (non-hydrogen) atoms. The van der Waals surface area contributed by atoms with E-state index in [-0.39, 0.29) is 11.6 Å². The zero-order valence-electron chi connectivity index (χ0n) is 14.3. The average Bonchev–Trinajstić information content (AvgIpc) is 2.67. The number of benzene rings is 2. The van der Waals surface area contributed by atoms with E-state index in [9.17, 15) is 4.39 Å². The third kappa shape index (κ3) is 3.19. The van der Waals surface area contributed by atoms with Crippen molar-refractivity contribution in [1.82, 2.24) is 9.97 Å². The van der Waals surface area contributed by atoms with Crippen molar-refractivity contribution >= 4 is 38.3 Å². The maximum absolute atomic E-state index is 14.0.